The minimum Gasteiger partial charge on any atom is -0.300 e. The quantitative estimate of drug-likeness (QED) is 0.927. The van der Waals surface area contributed by atoms with Crippen LogP contribution in [0.25, 0.3) is 6.08 Å². The Labute approximate surface area is 119 Å². The van der Waals surface area contributed by atoms with Crippen LogP contribution in [0.4, 0.5) is 0 Å². The van der Waals surface area contributed by atoms with Crippen LogP contribution in [-0.4, -0.2) is 39.7 Å². The van der Waals surface area contributed by atoms with E-state index in [1.165, 1.54) is 5.56 Å². The van der Waals surface area contributed by atoms with Gasteiger partial charge in [0, 0.05) is 12.5 Å². The van der Waals surface area contributed by atoms with Crippen LogP contribution in [0.5, 0.6) is 0 Å². The summed E-state index contributed by atoms with van der Waals surface area (Å²) in [6, 6.07) is 10.5. The third-order valence-electron chi connectivity index (χ3n) is 3.88. The molecule has 1 fully saturated rings. The molecule has 1 aromatic carbocycles. The Morgan fingerprint density at radius 3 is 2.70 bits per heavy atom. The lowest BCUT2D eigenvalue weighted by Crippen LogP contribution is -2.33. The number of rotatable bonds is 4. The lowest BCUT2D eigenvalue weighted by molar-refractivity contribution is 0.229. The van der Waals surface area contributed by atoms with E-state index in [1.54, 1.807) is 6.33 Å². The van der Waals surface area contributed by atoms with Crippen LogP contribution in [0.1, 0.15) is 30.1 Å². The first-order valence-corrected chi connectivity index (χ1v) is 7.21. The van der Waals surface area contributed by atoms with E-state index in [9.17, 15) is 0 Å². The van der Waals surface area contributed by atoms with Gasteiger partial charge in [-0.25, -0.2) is 4.98 Å². The van der Waals surface area contributed by atoms with Gasteiger partial charge >= 0.3 is 0 Å². The molecule has 2 aromatic rings. The summed E-state index contributed by atoms with van der Waals surface area (Å²) in [5.74, 6) is 1.59. The summed E-state index contributed by atoms with van der Waals surface area (Å²) >= 11 is 0. The number of nitrogens with zero attached hydrogens (tertiary/aromatic N) is 3. The maximum atomic E-state index is 4.27. The van der Waals surface area contributed by atoms with Crippen molar-refractivity contribution in [2.45, 2.75) is 18.8 Å². The van der Waals surface area contributed by atoms with E-state index in [2.05, 4.69) is 56.5 Å². The predicted molar refractivity (Wildman–Crippen MR) is 80.3 cm³/mol. The van der Waals surface area contributed by atoms with E-state index in [0.29, 0.717) is 5.92 Å². The van der Waals surface area contributed by atoms with Crippen LogP contribution >= 0.6 is 0 Å². The molecule has 3 rings (SSSR count). The molecule has 4 nitrogen and oxygen atoms in total. The van der Waals surface area contributed by atoms with Crippen molar-refractivity contribution in [3.63, 3.8) is 0 Å². The third kappa shape index (κ3) is 3.33. The molecule has 0 amide bonds. The fourth-order valence-electron chi connectivity index (χ4n) is 2.70. The zero-order chi connectivity index (χ0) is 13.6. The molecule has 1 aliphatic rings. The second-order valence-electron chi connectivity index (χ2n) is 5.26. The van der Waals surface area contributed by atoms with Crippen molar-refractivity contribution in [3.8, 4) is 0 Å². The molecule has 0 radical (unpaired) electrons. The normalized spacial score (nSPS) is 17.8. The minimum atomic E-state index is 0.548. The standard InChI is InChI=1S/C16H20N4/c1-2-5-14(6-3-1)7-4-10-20-11-8-15(9-12-20)16-17-13-18-19-16/h1-7,13,15H,8-12H2,(H,17,18,19)/b7-4+. The van der Waals surface area contributed by atoms with Crippen molar-refractivity contribution in [3.05, 3.63) is 54.1 Å². The molecule has 2 heterocycles. The molecule has 1 saturated heterocycles. The van der Waals surface area contributed by atoms with Gasteiger partial charge in [-0.05, 0) is 31.5 Å². The van der Waals surface area contributed by atoms with Crippen molar-refractivity contribution in [2.75, 3.05) is 19.6 Å². The van der Waals surface area contributed by atoms with Crippen molar-refractivity contribution >= 4 is 6.08 Å². The second-order valence-corrected chi connectivity index (χ2v) is 5.26. The van der Waals surface area contributed by atoms with Crippen molar-refractivity contribution < 1.29 is 0 Å². The van der Waals surface area contributed by atoms with Gasteiger partial charge in [-0.15, -0.1) is 0 Å². The number of H-pyrrole nitrogens is 1. The summed E-state index contributed by atoms with van der Waals surface area (Å²) in [7, 11) is 0. The average molecular weight is 268 g/mol. The maximum Gasteiger partial charge on any atom is 0.137 e. The molecule has 1 aliphatic heterocycles. The number of aromatic nitrogens is 3. The first-order valence-electron chi connectivity index (χ1n) is 7.21. The maximum absolute atomic E-state index is 4.27. The fourth-order valence-corrected chi connectivity index (χ4v) is 2.70. The number of benzene rings is 1. The zero-order valence-electron chi connectivity index (χ0n) is 11.6. The Morgan fingerprint density at radius 2 is 2.00 bits per heavy atom. The Balaban J connectivity index is 1.46. The first-order chi connectivity index (χ1) is 9.92. The van der Waals surface area contributed by atoms with Gasteiger partial charge < -0.3 is 0 Å². The van der Waals surface area contributed by atoms with Crippen LogP contribution in [-0.2, 0) is 0 Å². The smallest absolute Gasteiger partial charge is 0.137 e. The van der Waals surface area contributed by atoms with Crippen molar-refractivity contribution in [1.29, 1.82) is 0 Å². The second kappa shape index (κ2) is 6.48. The molecule has 1 N–H and O–H groups in total. The van der Waals surface area contributed by atoms with Gasteiger partial charge in [0.05, 0.1) is 0 Å². The van der Waals surface area contributed by atoms with Crippen LogP contribution in [0.15, 0.2) is 42.7 Å². The van der Waals surface area contributed by atoms with Crippen molar-refractivity contribution in [2.24, 2.45) is 0 Å². The Morgan fingerprint density at radius 1 is 1.20 bits per heavy atom. The Kier molecular flexibility index (Phi) is 4.23. The van der Waals surface area contributed by atoms with Gasteiger partial charge in [0.2, 0.25) is 0 Å². The zero-order valence-corrected chi connectivity index (χ0v) is 11.6. The summed E-state index contributed by atoms with van der Waals surface area (Å²) in [6.07, 6.45) is 8.37. The molecular weight excluding hydrogens is 248 g/mol. The molecule has 1 aromatic heterocycles. The van der Waals surface area contributed by atoms with Gasteiger partial charge in [-0.3, -0.25) is 10.00 Å². The van der Waals surface area contributed by atoms with E-state index in [-0.39, 0.29) is 0 Å². The van der Waals surface area contributed by atoms with Crippen molar-refractivity contribution in [1.82, 2.24) is 20.1 Å². The van der Waals surface area contributed by atoms with Gasteiger partial charge in [0.25, 0.3) is 0 Å². The Hall–Kier alpha value is -1.94. The van der Waals surface area contributed by atoms with E-state index >= 15 is 0 Å². The summed E-state index contributed by atoms with van der Waals surface area (Å²) in [6.45, 7) is 3.28. The van der Waals surface area contributed by atoms with E-state index < -0.39 is 0 Å². The Bertz CT molecular complexity index is 525. The molecular formula is C16H20N4. The molecule has 0 spiro atoms. The van der Waals surface area contributed by atoms with Gasteiger partial charge in [0.1, 0.15) is 12.2 Å². The fraction of sp³-hybridized carbons (Fsp3) is 0.375. The number of piperidine rings is 1. The number of likely N-dealkylation sites (tertiary alicyclic amines) is 1. The van der Waals surface area contributed by atoms with E-state index in [4.69, 9.17) is 0 Å². The molecule has 4 heteroatoms. The monoisotopic (exact) mass is 268 g/mol. The lowest BCUT2D eigenvalue weighted by atomic mass is 9.96. The first kappa shape index (κ1) is 13.1. The topological polar surface area (TPSA) is 44.8 Å². The SMILES string of the molecule is C(=C\c1ccccc1)/CN1CCC(c2ncn[nH]2)CC1. The van der Waals surface area contributed by atoms with E-state index in [1.807, 2.05) is 6.07 Å². The van der Waals surface area contributed by atoms with Crippen LogP contribution in [0.3, 0.4) is 0 Å². The number of hydrogen-bond donors (Lipinski definition) is 1. The minimum absolute atomic E-state index is 0.548. The highest BCUT2D eigenvalue weighted by Gasteiger charge is 2.21. The van der Waals surface area contributed by atoms with Crippen LogP contribution in [0, 0.1) is 0 Å². The summed E-state index contributed by atoms with van der Waals surface area (Å²) < 4.78 is 0. The number of nitrogens with one attached hydrogen (secondary N) is 1. The average Bonchev–Trinajstić information content (AvgIpc) is 3.03. The molecule has 0 saturated carbocycles. The summed E-state index contributed by atoms with van der Waals surface area (Å²) in [4.78, 5) is 6.76. The molecule has 104 valence electrons. The van der Waals surface area contributed by atoms with Gasteiger partial charge in [-0.2, -0.15) is 5.10 Å². The predicted octanol–water partition coefficient (Wildman–Crippen LogP) is 2.70. The number of hydrogen-bond acceptors (Lipinski definition) is 3. The highest BCUT2D eigenvalue weighted by molar-refractivity contribution is 5.48. The van der Waals surface area contributed by atoms with E-state index in [0.717, 1.165) is 38.3 Å². The van der Waals surface area contributed by atoms with Crippen LogP contribution in [0.2, 0.25) is 0 Å². The third-order valence-corrected chi connectivity index (χ3v) is 3.88. The molecule has 0 atom stereocenters. The number of aromatic amines is 1. The lowest BCUT2D eigenvalue weighted by Gasteiger charge is -2.29. The van der Waals surface area contributed by atoms with Gasteiger partial charge in [0.15, 0.2) is 0 Å². The molecule has 20 heavy (non-hydrogen) atoms. The molecule has 0 aliphatic carbocycles. The summed E-state index contributed by atoms with van der Waals surface area (Å²) in [5.41, 5.74) is 1.27. The largest absolute Gasteiger partial charge is 0.300 e. The summed E-state index contributed by atoms with van der Waals surface area (Å²) in [5, 5.41) is 6.93. The molecule has 0 bridgehead atoms. The van der Waals surface area contributed by atoms with Gasteiger partial charge in [-0.1, -0.05) is 42.5 Å². The molecule has 0 unspecified atom stereocenters. The highest BCUT2D eigenvalue weighted by atomic mass is 15.2. The van der Waals surface area contributed by atoms with Crippen LogP contribution < -0.4 is 0 Å². The highest BCUT2D eigenvalue weighted by Crippen LogP contribution is 2.24.